The molecule has 0 unspecified atom stereocenters. The van der Waals surface area contributed by atoms with E-state index in [9.17, 15) is 9.59 Å². The van der Waals surface area contributed by atoms with Crippen molar-refractivity contribution in [1.82, 2.24) is 0 Å². The first-order chi connectivity index (χ1) is 11.7. The Kier molecular flexibility index (Phi) is 5.89. The first-order valence-corrected chi connectivity index (χ1v) is 9.25. The first kappa shape index (κ1) is 17.0. The molecule has 24 heavy (non-hydrogen) atoms. The maximum Gasteiger partial charge on any atom is 0.339 e. The van der Waals surface area contributed by atoms with Gasteiger partial charge in [0.1, 0.15) is 12.2 Å². The molecular weight excluding hydrogens is 304 g/mol. The van der Waals surface area contributed by atoms with Crippen molar-refractivity contribution in [3.8, 4) is 0 Å². The SMILES string of the molecule is O=C(OC1CCCCC1)c1ccccc1C(=O)OC1CCCCC1.[HH].[HH]. The van der Waals surface area contributed by atoms with Crippen molar-refractivity contribution in [2.75, 3.05) is 0 Å². The van der Waals surface area contributed by atoms with Crippen LogP contribution >= 0.6 is 0 Å². The van der Waals surface area contributed by atoms with Crippen LogP contribution in [0, 0.1) is 0 Å². The Balaban J connectivity index is 0.00000169. The van der Waals surface area contributed by atoms with Gasteiger partial charge in [-0.2, -0.15) is 0 Å². The van der Waals surface area contributed by atoms with Gasteiger partial charge in [0.25, 0.3) is 0 Å². The summed E-state index contributed by atoms with van der Waals surface area (Å²) in [5.74, 6) is -0.809. The molecule has 0 bridgehead atoms. The zero-order valence-electron chi connectivity index (χ0n) is 14.2. The van der Waals surface area contributed by atoms with Crippen LogP contribution in [0.1, 0.15) is 87.8 Å². The summed E-state index contributed by atoms with van der Waals surface area (Å²) in [4.78, 5) is 25.0. The van der Waals surface area contributed by atoms with Crippen LogP contribution in [0.5, 0.6) is 0 Å². The number of hydrogen-bond donors (Lipinski definition) is 0. The van der Waals surface area contributed by atoms with Crippen molar-refractivity contribution in [3.63, 3.8) is 0 Å². The average Bonchev–Trinajstić information content (AvgIpc) is 2.63. The highest BCUT2D eigenvalue weighted by atomic mass is 16.5. The van der Waals surface area contributed by atoms with Gasteiger partial charge in [-0.1, -0.05) is 25.0 Å². The number of hydrogen-bond acceptors (Lipinski definition) is 4. The van der Waals surface area contributed by atoms with Crippen molar-refractivity contribution in [1.29, 1.82) is 0 Å². The molecule has 0 N–H and O–H groups in total. The topological polar surface area (TPSA) is 52.6 Å². The minimum absolute atomic E-state index is 0. The van der Waals surface area contributed by atoms with E-state index < -0.39 is 11.9 Å². The van der Waals surface area contributed by atoms with Gasteiger partial charge in [-0.15, -0.1) is 0 Å². The number of ether oxygens (including phenoxy) is 2. The van der Waals surface area contributed by atoms with Crippen LogP contribution in [-0.4, -0.2) is 24.1 Å². The molecule has 1 aromatic rings. The van der Waals surface area contributed by atoms with Crippen LogP contribution < -0.4 is 0 Å². The fourth-order valence-corrected chi connectivity index (χ4v) is 3.63. The standard InChI is InChI=1S/C20H26O4.2H2/c21-19(23-15-9-3-1-4-10-15)17-13-7-8-14-18(17)20(22)24-16-11-5-2-6-12-16;;/h7-8,13-16H,1-6,9-12H2;2*1H. The first-order valence-electron chi connectivity index (χ1n) is 9.25. The van der Waals surface area contributed by atoms with E-state index in [1.54, 1.807) is 24.3 Å². The lowest BCUT2D eigenvalue weighted by molar-refractivity contribution is 0.0164. The molecule has 2 fully saturated rings. The number of rotatable bonds is 4. The van der Waals surface area contributed by atoms with Gasteiger partial charge < -0.3 is 9.47 Å². The Hall–Kier alpha value is -1.84. The minimum Gasteiger partial charge on any atom is -0.459 e. The predicted octanol–water partition coefficient (Wildman–Crippen LogP) is 5.16. The van der Waals surface area contributed by atoms with Gasteiger partial charge in [-0.05, 0) is 63.5 Å². The van der Waals surface area contributed by atoms with Crippen LogP contribution in [0.25, 0.3) is 0 Å². The summed E-state index contributed by atoms with van der Waals surface area (Å²) < 4.78 is 11.2. The Morgan fingerprint density at radius 1 is 0.708 bits per heavy atom. The number of carbonyl (C=O) groups excluding carboxylic acids is 2. The van der Waals surface area contributed by atoms with E-state index in [2.05, 4.69) is 0 Å². The highest BCUT2D eigenvalue weighted by Crippen LogP contribution is 2.24. The van der Waals surface area contributed by atoms with Crippen molar-refractivity contribution < 1.29 is 21.9 Å². The third-order valence-corrected chi connectivity index (χ3v) is 5.02. The molecule has 3 rings (SSSR count). The second-order valence-electron chi connectivity index (χ2n) is 6.88. The number of benzene rings is 1. The van der Waals surface area contributed by atoms with Gasteiger partial charge in [-0.3, -0.25) is 0 Å². The molecule has 0 radical (unpaired) electrons. The van der Waals surface area contributed by atoms with E-state index in [4.69, 9.17) is 9.47 Å². The van der Waals surface area contributed by atoms with E-state index in [1.807, 2.05) is 0 Å². The summed E-state index contributed by atoms with van der Waals surface area (Å²) >= 11 is 0. The highest BCUT2D eigenvalue weighted by molar-refractivity contribution is 6.03. The Labute approximate surface area is 146 Å². The van der Waals surface area contributed by atoms with Crippen molar-refractivity contribution in [2.24, 2.45) is 0 Å². The Morgan fingerprint density at radius 2 is 1.08 bits per heavy atom. The van der Waals surface area contributed by atoms with Gasteiger partial charge in [0, 0.05) is 2.85 Å². The molecule has 0 spiro atoms. The molecule has 0 aromatic heterocycles. The quantitative estimate of drug-likeness (QED) is 0.714. The van der Waals surface area contributed by atoms with Gasteiger partial charge in [-0.25, -0.2) is 9.59 Å². The van der Waals surface area contributed by atoms with E-state index in [0.717, 1.165) is 51.4 Å². The monoisotopic (exact) mass is 334 g/mol. The van der Waals surface area contributed by atoms with Crippen LogP contribution in [0.4, 0.5) is 0 Å². The van der Waals surface area contributed by atoms with Crippen LogP contribution in [-0.2, 0) is 9.47 Å². The maximum absolute atomic E-state index is 12.5. The molecule has 0 saturated heterocycles. The van der Waals surface area contributed by atoms with Crippen molar-refractivity contribution >= 4 is 11.9 Å². The second kappa shape index (κ2) is 8.32. The predicted molar refractivity (Wildman–Crippen MR) is 95.2 cm³/mol. The summed E-state index contributed by atoms with van der Waals surface area (Å²) in [6, 6.07) is 6.83. The maximum atomic E-state index is 12.5. The largest absolute Gasteiger partial charge is 0.459 e. The lowest BCUT2D eigenvalue weighted by Crippen LogP contribution is -2.24. The molecule has 1 aromatic carbocycles. The molecule has 2 aliphatic carbocycles. The van der Waals surface area contributed by atoms with Crippen molar-refractivity contribution in [2.45, 2.75) is 76.4 Å². The molecule has 0 amide bonds. The van der Waals surface area contributed by atoms with E-state index in [-0.39, 0.29) is 15.1 Å². The fraction of sp³-hybridized carbons (Fsp3) is 0.600. The average molecular weight is 334 g/mol. The minimum atomic E-state index is -0.405. The molecule has 2 saturated carbocycles. The van der Waals surface area contributed by atoms with Crippen LogP contribution in [0.3, 0.4) is 0 Å². The molecular formula is C20H30O4. The molecule has 0 heterocycles. The lowest BCUT2D eigenvalue weighted by Gasteiger charge is -2.23. The van der Waals surface area contributed by atoms with E-state index >= 15 is 0 Å². The van der Waals surface area contributed by atoms with Gasteiger partial charge in [0.05, 0.1) is 11.1 Å². The summed E-state index contributed by atoms with van der Waals surface area (Å²) in [6.45, 7) is 0. The highest BCUT2D eigenvalue weighted by Gasteiger charge is 2.25. The Bertz CT molecular complexity index is 528. The second-order valence-corrected chi connectivity index (χ2v) is 6.88. The smallest absolute Gasteiger partial charge is 0.339 e. The summed E-state index contributed by atoms with van der Waals surface area (Å²) in [5.41, 5.74) is 0.646. The van der Waals surface area contributed by atoms with Crippen molar-refractivity contribution in [3.05, 3.63) is 35.4 Å². The van der Waals surface area contributed by atoms with E-state index in [1.165, 1.54) is 12.8 Å². The molecule has 134 valence electrons. The van der Waals surface area contributed by atoms with Gasteiger partial charge in [0.2, 0.25) is 0 Å². The third-order valence-electron chi connectivity index (χ3n) is 5.02. The van der Waals surface area contributed by atoms with E-state index in [0.29, 0.717) is 11.1 Å². The zero-order chi connectivity index (χ0) is 16.8. The fourth-order valence-electron chi connectivity index (χ4n) is 3.63. The van der Waals surface area contributed by atoms with Crippen LogP contribution in [0.15, 0.2) is 24.3 Å². The van der Waals surface area contributed by atoms with Crippen LogP contribution in [0.2, 0.25) is 0 Å². The molecule has 0 aliphatic heterocycles. The molecule has 0 atom stereocenters. The number of carbonyl (C=O) groups is 2. The lowest BCUT2D eigenvalue weighted by atomic mass is 9.97. The Morgan fingerprint density at radius 3 is 1.46 bits per heavy atom. The molecule has 4 nitrogen and oxygen atoms in total. The summed E-state index contributed by atoms with van der Waals surface area (Å²) in [7, 11) is 0. The van der Waals surface area contributed by atoms with Gasteiger partial charge >= 0.3 is 11.9 Å². The zero-order valence-corrected chi connectivity index (χ0v) is 14.2. The van der Waals surface area contributed by atoms with Gasteiger partial charge in [0.15, 0.2) is 0 Å². The summed E-state index contributed by atoms with van der Waals surface area (Å²) in [5, 5.41) is 0. The number of esters is 2. The summed E-state index contributed by atoms with van der Waals surface area (Å²) in [6.07, 6.45) is 10.4. The third kappa shape index (κ3) is 4.37. The molecule has 2 aliphatic rings. The molecule has 4 heteroatoms. The normalized spacial score (nSPS) is 19.7.